The molecule has 0 aliphatic carbocycles. The molecule has 9 heavy (non-hydrogen) atoms. The molecule has 0 amide bonds. The van der Waals surface area contributed by atoms with Crippen LogP contribution in [0.1, 0.15) is 6.92 Å². The monoisotopic (exact) mass is 162 g/mol. The van der Waals surface area contributed by atoms with Gasteiger partial charge in [-0.25, -0.2) is 4.21 Å². The van der Waals surface area contributed by atoms with Crippen molar-refractivity contribution in [3.8, 4) is 0 Å². The zero-order valence-corrected chi connectivity index (χ0v) is 7.00. The number of rotatable bonds is 4. The van der Waals surface area contributed by atoms with Gasteiger partial charge in [-0.15, -0.1) is 6.58 Å². The van der Waals surface area contributed by atoms with Crippen molar-refractivity contribution in [2.45, 2.75) is 6.92 Å². The van der Waals surface area contributed by atoms with Gasteiger partial charge in [0, 0.05) is 0 Å². The van der Waals surface area contributed by atoms with Crippen LogP contribution in [0.15, 0.2) is 24.1 Å². The summed E-state index contributed by atoms with van der Waals surface area (Å²) in [6, 6.07) is 0. The van der Waals surface area contributed by atoms with Crippen molar-refractivity contribution in [2.24, 2.45) is 0 Å². The molecule has 0 spiro atoms. The molecule has 0 aromatic carbocycles. The molecule has 0 aromatic heterocycles. The average Bonchev–Trinajstić information content (AvgIpc) is 1.85. The minimum Gasteiger partial charge on any atom is -0.247 e. The lowest BCUT2D eigenvalue weighted by molar-refractivity contribution is 0.693. The highest BCUT2D eigenvalue weighted by Gasteiger charge is 1.90. The van der Waals surface area contributed by atoms with Crippen LogP contribution in [0.2, 0.25) is 0 Å². The van der Waals surface area contributed by atoms with Gasteiger partial charge in [-0.2, -0.15) is 0 Å². The van der Waals surface area contributed by atoms with E-state index >= 15 is 0 Å². The van der Waals surface area contributed by atoms with Crippen LogP contribution >= 0.6 is 10.8 Å². The zero-order chi connectivity index (χ0) is 7.11. The lowest BCUT2D eigenvalue weighted by atomic mass is 10.8. The van der Waals surface area contributed by atoms with Crippen molar-refractivity contribution in [3.63, 3.8) is 0 Å². The summed E-state index contributed by atoms with van der Waals surface area (Å²) >= 11 is 0. The first-order chi connectivity index (χ1) is 4.31. The molecule has 0 aliphatic heterocycles. The maximum atomic E-state index is 10.8. The Morgan fingerprint density at radius 2 is 2.44 bits per heavy atom. The second-order valence-corrected chi connectivity index (χ2v) is 4.42. The van der Waals surface area contributed by atoms with Crippen LogP contribution in [-0.2, 0) is 9.83 Å². The highest BCUT2D eigenvalue weighted by Crippen LogP contribution is 2.08. The maximum Gasteiger partial charge on any atom is 0.0884 e. The summed E-state index contributed by atoms with van der Waals surface area (Å²) in [6.07, 6.45) is 3.53. The van der Waals surface area contributed by atoms with Gasteiger partial charge in [0.05, 0.1) is 15.6 Å². The Labute approximate surface area is 62.1 Å². The van der Waals surface area contributed by atoms with Crippen LogP contribution in [0.25, 0.3) is 0 Å². The number of hydrogen-bond donors (Lipinski definition) is 0. The number of allylic oxidation sites excluding steroid dienone is 1. The van der Waals surface area contributed by atoms with E-state index in [0.717, 1.165) is 0 Å². The Kier molecular flexibility index (Phi) is 6.09. The van der Waals surface area contributed by atoms with Crippen molar-refractivity contribution in [2.75, 3.05) is 5.75 Å². The van der Waals surface area contributed by atoms with Gasteiger partial charge in [-0.05, 0) is 23.1 Å². The predicted molar refractivity (Wildman–Crippen MR) is 45.6 cm³/mol. The van der Waals surface area contributed by atoms with Crippen molar-refractivity contribution in [1.29, 1.82) is 0 Å². The summed E-state index contributed by atoms with van der Waals surface area (Å²) in [5.74, 6) is 0.564. The molecule has 0 saturated carbocycles. The third kappa shape index (κ3) is 5.86. The van der Waals surface area contributed by atoms with E-state index in [2.05, 4.69) is 6.58 Å². The molecule has 0 heterocycles. The third-order valence-electron chi connectivity index (χ3n) is 0.553. The SMILES string of the molecule is C=CCS(=O)S/C=C/C. The van der Waals surface area contributed by atoms with Gasteiger partial charge >= 0.3 is 0 Å². The Morgan fingerprint density at radius 1 is 1.78 bits per heavy atom. The van der Waals surface area contributed by atoms with Crippen molar-refractivity contribution >= 4 is 20.6 Å². The van der Waals surface area contributed by atoms with E-state index in [9.17, 15) is 4.21 Å². The van der Waals surface area contributed by atoms with Gasteiger partial charge in [0.25, 0.3) is 0 Å². The quantitative estimate of drug-likeness (QED) is 0.465. The van der Waals surface area contributed by atoms with Crippen LogP contribution in [0.3, 0.4) is 0 Å². The van der Waals surface area contributed by atoms with E-state index in [4.69, 9.17) is 0 Å². The molecule has 0 saturated heterocycles. The maximum absolute atomic E-state index is 10.8. The summed E-state index contributed by atoms with van der Waals surface area (Å²) < 4.78 is 10.8. The highest BCUT2D eigenvalue weighted by atomic mass is 33.1. The zero-order valence-electron chi connectivity index (χ0n) is 5.37. The predicted octanol–water partition coefficient (Wildman–Crippen LogP) is 2.10. The Morgan fingerprint density at radius 3 is 2.89 bits per heavy atom. The standard InChI is InChI=1S/C6H10OS2/c1-3-5-8-9(7)6-4-2/h3-5H,2,6H2,1H3/b5-3+. The Hall–Kier alpha value is -0.0200. The summed E-state index contributed by atoms with van der Waals surface area (Å²) in [4.78, 5) is 0. The minimum absolute atomic E-state index is 0.564. The fraction of sp³-hybridized carbons (Fsp3) is 0.333. The van der Waals surface area contributed by atoms with Gasteiger partial charge in [-0.1, -0.05) is 12.2 Å². The molecule has 0 aromatic rings. The largest absolute Gasteiger partial charge is 0.247 e. The van der Waals surface area contributed by atoms with E-state index in [1.165, 1.54) is 10.8 Å². The van der Waals surface area contributed by atoms with Gasteiger partial charge < -0.3 is 0 Å². The van der Waals surface area contributed by atoms with Gasteiger partial charge in [0.15, 0.2) is 0 Å². The molecule has 0 aliphatic rings. The van der Waals surface area contributed by atoms with E-state index in [1.54, 1.807) is 6.08 Å². The molecular weight excluding hydrogens is 152 g/mol. The van der Waals surface area contributed by atoms with E-state index in [1.807, 2.05) is 18.4 Å². The topological polar surface area (TPSA) is 17.1 Å². The normalized spacial score (nSPS) is 13.9. The number of hydrogen-bond acceptors (Lipinski definition) is 2. The highest BCUT2D eigenvalue weighted by molar-refractivity contribution is 8.70. The molecular formula is C6H10OS2. The van der Waals surface area contributed by atoms with Crippen LogP contribution < -0.4 is 0 Å². The smallest absolute Gasteiger partial charge is 0.0884 e. The molecule has 0 N–H and O–H groups in total. The average molecular weight is 162 g/mol. The van der Waals surface area contributed by atoms with Crippen LogP contribution in [0, 0.1) is 0 Å². The second-order valence-electron chi connectivity index (χ2n) is 1.32. The summed E-state index contributed by atoms with van der Waals surface area (Å²) in [7, 11) is 0.513. The molecule has 0 rings (SSSR count). The molecule has 0 fully saturated rings. The minimum atomic E-state index is -0.808. The van der Waals surface area contributed by atoms with Gasteiger partial charge in [-0.3, -0.25) is 0 Å². The van der Waals surface area contributed by atoms with Crippen molar-refractivity contribution < 1.29 is 4.21 Å². The van der Waals surface area contributed by atoms with E-state index < -0.39 is 9.83 Å². The van der Waals surface area contributed by atoms with Crippen LogP contribution in [0.4, 0.5) is 0 Å². The summed E-state index contributed by atoms with van der Waals surface area (Å²) in [5, 5.41) is 1.82. The van der Waals surface area contributed by atoms with Crippen LogP contribution in [-0.4, -0.2) is 9.96 Å². The molecule has 0 radical (unpaired) electrons. The molecule has 0 bridgehead atoms. The first-order valence-corrected chi connectivity index (χ1v) is 5.30. The third-order valence-corrected chi connectivity index (χ3v) is 3.04. The van der Waals surface area contributed by atoms with Gasteiger partial charge in [0.1, 0.15) is 0 Å². The van der Waals surface area contributed by atoms with Crippen molar-refractivity contribution in [1.82, 2.24) is 0 Å². The van der Waals surface area contributed by atoms with Crippen LogP contribution in [0.5, 0.6) is 0 Å². The van der Waals surface area contributed by atoms with E-state index in [0.29, 0.717) is 5.75 Å². The Bertz CT molecular complexity index is 129. The molecule has 52 valence electrons. The summed E-state index contributed by atoms with van der Waals surface area (Å²) in [6.45, 7) is 5.38. The second kappa shape index (κ2) is 6.11. The van der Waals surface area contributed by atoms with Gasteiger partial charge in [0.2, 0.25) is 0 Å². The van der Waals surface area contributed by atoms with E-state index in [-0.39, 0.29) is 0 Å². The molecule has 3 heteroatoms. The fourth-order valence-electron chi connectivity index (χ4n) is 0.253. The lowest BCUT2D eigenvalue weighted by Crippen LogP contribution is -1.83. The first-order valence-electron chi connectivity index (χ1n) is 2.58. The lowest BCUT2D eigenvalue weighted by Gasteiger charge is -1.87. The molecule has 1 nitrogen and oxygen atoms in total. The Balaban J connectivity index is 3.38. The molecule has 1 atom stereocenters. The fourth-order valence-corrected chi connectivity index (χ4v) is 1.99. The van der Waals surface area contributed by atoms with Crippen molar-refractivity contribution in [3.05, 3.63) is 24.1 Å². The first kappa shape index (κ1) is 8.98. The summed E-state index contributed by atoms with van der Waals surface area (Å²) in [5.41, 5.74) is 0. The molecule has 1 unspecified atom stereocenters.